The van der Waals surface area contributed by atoms with E-state index in [0.29, 0.717) is 42.9 Å². The zero-order valence-electron chi connectivity index (χ0n) is 11.7. The van der Waals surface area contributed by atoms with Gasteiger partial charge in [0.05, 0.1) is 18.4 Å². The van der Waals surface area contributed by atoms with E-state index in [-0.39, 0.29) is 6.09 Å². The Labute approximate surface area is 132 Å². The second kappa shape index (κ2) is 6.57. The fourth-order valence-corrected chi connectivity index (χ4v) is 2.29. The Morgan fingerprint density at radius 3 is 3.09 bits per heavy atom. The molecule has 1 fully saturated rings. The van der Waals surface area contributed by atoms with Gasteiger partial charge < -0.3 is 15.0 Å². The quantitative estimate of drug-likeness (QED) is 0.908. The highest BCUT2D eigenvalue weighted by atomic mass is 35.5. The first kappa shape index (κ1) is 14.5. The Bertz CT molecular complexity index is 682. The van der Waals surface area contributed by atoms with Crippen LogP contribution in [-0.2, 0) is 4.74 Å². The molecule has 0 atom stereocenters. The van der Waals surface area contributed by atoms with E-state index < -0.39 is 0 Å². The van der Waals surface area contributed by atoms with Crippen LogP contribution in [0.25, 0.3) is 11.3 Å². The van der Waals surface area contributed by atoms with Gasteiger partial charge in [-0.1, -0.05) is 23.7 Å². The molecule has 1 N–H and O–H groups in total. The van der Waals surface area contributed by atoms with Crippen molar-refractivity contribution in [3.8, 4) is 11.3 Å². The molecule has 0 radical (unpaired) electrons. The highest BCUT2D eigenvalue weighted by Crippen LogP contribution is 2.20. The Morgan fingerprint density at radius 1 is 1.41 bits per heavy atom. The number of benzene rings is 1. The number of hydrogen-bond donors (Lipinski definition) is 1. The molecule has 0 saturated carbocycles. The molecule has 8 heteroatoms. The van der Waals surface area contributed by atoms with E-state index in [2.05, 4.69) is 20.5 Å². The van der Waals surface area contributed by atoms with Gasteiger partial charge in [0.25, 0.3) is 0 Å². The summed E-state index contributed by atoms with van der Waals surface area (Å²) in [5.74, 6) is 0.407. The van der Waals surface area contributed by atoms with Crippen LogP contribution < -0.4 is 5.32 Å². The highest BCUT2D eigenvalue weighted by molar-refractivity contribution is 6.30. The number of aromatic nitrogens is 3. The molecule has 1 aliphatic heterocycles. The number of hydrogen-bond acceptors (Lipinski definition) is 6. The van der Waals surface area contributed by atoms with E-state index in [0.717, 1.165) is 5.56 Å². The van der Waals surface area contributed by atoms with Gasteiger partial charge in [-0.3, -0.25) is 0 Å². The molecule has 0 spiro atoms. The van der Waals surface area contributed by atoms with E-state index in [1.54, 1.807) is 17.2 Å². The average Bonchev–Trinajstić information content (AvgIpc) is 2.93. The number of rotatable bonds is 5. The molecule has 1 aromatic carbocycles. The standard InChI is InChI=1S/C14H14ClN5O2/c15-11-3-1-2-10(8-11)12-9-17-19-13(18-12)16-4-5-20-6-7-22-14(20)21/h1-3,8-9H,4-7H2,(H,16,18,19). The van der Waals surface area contributed by atoms with Crippen LogP contribution in [0.4, 0.5) is 10.7 Å². The smallest absolute Gasteiger partial charge is 0.409 e. The predicted octanol–water partition coefficient (Wildman–Crippen LogP) is 2.06. The van der Waals surface area contributed by atoms with Crippen LogP contribution in [0.1, 0.15) is 0 Å². The molecule has 1 aromatic heterocycles. The number of nitrogens with one attached hydrogen (secondary N) is 1. The van der Waals surface area contributed by atoms with Gasteiger partial charge in [0.2, 0.25) is 5.95 Å². The van der Waals surface area contributed by atoms with Crippen molar-refractivity contribution in [3.63, 3.8) is 0 Å². The number of cyclic esters (lactones) is 1. The summed E-state index contributed by atoms with van der Waals surface area (Å²) in [5, 5.41) is 11.6. The van der Waals surface area contributed by atoms with Gasteiger partial charge in [-0.05, 0) is 12.1 Å². The second-order valence-electron chi connectivity index (χ2n) is 4.70. The van der Waals surface area contributed by atoms with Crippen molar-refractivity contribution in [2.75, 3.05) is 31.6 Å². The fraction of sp³-hybridized carbons (Fsp3) is 0.286. The average molecular weight is 320 g/mol. The molecule has 22 heavy (non-hydrogen) atoms. The maximum absolute atomic E-state index is 11.3. The Hall–Kier alpha value is -2.41. The zero-order chi connectivity index (χ0) is 15.4. The van der Waals surface area contributed by atoms with Gasteiger partial charge in [0.15, 0.2) is 0 Å². The number of amides is 1. The summed E-state index contributed by atoms with van der Waals surface area (Å²) in [4.78, 5) is 17.3. The summed E-state index contributed by atoms with van der Waals surface area (Å²) in [6.45, 7) is 2.11. The van der Waals surface area contributed by atoms with Gasteiger partial charge in [-0.2, -0.15) is 5.10 Å². The van der Waals surface area contributed by atoms with E-state index >= 15 is 0 Å². The molecule has 0 aliphatic carbocycles. The van der Waals surface area contributed by atoms with E-state index in [4.69, 9.17) is 16.3 Å². The van der Waals surface area contributed by atoms with Gasteiger partial charge in [-0.15, -0.1) is 5.10 Å². The van der Waals surface area contributed by atoms with Gasteiger partial charge >= 0.3 is 6.09 Å². The van der Waals surface area contributed by atoms with Crippen LogP contribution in [0, 0.1) is 0 Å². The monoisotopic (exact) mass is 319 g/mol. The lowest BCUT2D eigenvalue weighted by Gasteiger charge is -2.12. The lowest BCUT2D eigenvalue weighted by Crippen LogP contribution is -2.30. The SMILES string of the molecule is O=C1OCCN1CCNc1nncc(-c2cccc(Cl)c2)n1. The second-order valence-corrected chi connectivity index (χ2v) is 5.14. The van der Waals surface area contributed by atoms with E-state index in [1.165, 1.54) is 0 Å². The lowest BCUT2D eigenvalue weighted by molar-refractivity contribution is 0.159. The summed E-state index contributed by atoms with van der Waals surface area (Å²) in [7, 11) is 0. The third-order valence-electron chi connectivity index (χ3n) is 3.19. The van der Waals surface area contributed by atoms with Crippen molar-refractivity contribution in [1.29, 1.82) is 0 Å². The maximum Gasteiger partial charge on any atom is 0.409 e. The molecule has 1 saturated heterocycles. The Morgan fingerprint density at radius 2 is 2.32 bits per heavy atom. The maximum atomic E-state index is 11.3. The largest absolute Gasteiger partial charge is 0.448 e. The van der Waals surface area contributed by atoms with Crippen LogP contribution in [0.2, 0.25) is 5.02 Å². The van der Waals surface area contributed by atoms with Crippen LogP contribution in [-0.4, -0.2) is 52.4 Å². The minimum atomic E-state index is -0.284. The number of ether oxygens (including phenoxy) is 1. The number of carbonyl (C=O) groups excluding carboxylic acids is 1. The molecule has 1 aliphatic rings. The number of carbonyl (C=O) groups is 1. The Kier molecular flexibility index (Phi) is 4.34. The van der Waals surface area contributed by atoms with Crippen molar-refractivity contribution < 1.29 is 9.53 Å². The van der Waals surface area contributed by atoms with Crippen molar-refractivity contribution in [2.45, 2.75) is 0 Å². The summed E-state index contributed by atoms with van der Waals surface area (Å²) in [6.07, 6.45) is 1.29. The molecular weight excluding hydrogens is 306 g/mol. The van der Waals surface area contributed by atoms with Crippen molar-refractivity contribution in [1.82, 2.24) is 20.1 Å². The molecule has 0 unspecified atom stereocenters. The number of halogens is 1. The normalized spacial score (nSPS) is 14.0. The number of anilines is 1. The Balaban J connectivity index is 1.63. The lowest BCUT2D eigenvalue weighted by atomic mass is 10.2. The summed E-state index contributed by atoms with van der Waals surface area (Å²) < 4.78 is 4.86. The first-order valence-electron chi connectivity index (χ1n) is 6.83. The topological polar surface area (TPSA) is 80.2 Å². The highest BCUT2D eigenvalue weighted by Gasteiger charge is 2.20. The summed E-state index contributed by atoms with van der Waals surface area (Å²) in [5.41, 5.74) is 1.55. The van der Waals surface area contributed by atoms with Crippen molar-refractivity contribution >= 4 is 23.6 Å². The van der Waals surface area contributed by atoms with Crippen LogP contribution in [0.5, 0.6) is 0 Å². The molecule has 1 amide bonds. The predicted molar refractivity (Wildman–Crippen MR) is 81.7 cm³/mol. The van der Waals surface area contributed by atoms with Gasteiger partial charge in [-0.25, -0.2) is 9.78 Å². The third kappa shape index (κ3) is 3.43. The third-order valence-corrected chi connectivity index (χ3v) is 3.42. The first-order chi connectivity index (χ1) is 10.7. The van der Waals surface area contributed by atoms with Crippen molar-refractivity contribution in [2.24, 2.45) is 0 Å². The van der Waals surface area contributed by atoms with Crippen LogP contribution in [0.15, 0.2) is 30.5 Å². The van der Waals surface area contributed by atoms with Crippen molar-refractivity contribution in [3.05, 3.63) is 35.5 Å². The number of nitrogens with zero attached hydrogens (tertiary/aromatic N) is 4. The molecule has 0 bridgehead atoms. The minimum absolute atomic E-state index is 0.284. The molecule has 2 heterocycles. The summed E-state index contributed by atoms with van der Waals surface area (Å²) >= 11 is 5.98. The molecule has 2 aromatic rings. The van der Waals surface area contributed by atoms with Crippen LogP contribution >= 0.6 is 11.6 Å². The molecular formula is C14H14ClN5O2. The van der Waals surface area contributed by atoms with E-state index in [9.17, 15) is 4.79 Å². The molecule has 114 valence electrons. The van der Waals surface area contributed by atoms with Gasteiger partial charge in [0, 0.05) is 23.7 Å². The van der Waals surface area contributed by atoms with E-state index in [1.807, 2.05) is 18.2 Å². The first-order valence-corrected chi connectivity index (χ1v) is 7.21. The molecule has 7 nitrogen and oxygen atoms in total. The minimum Gasteiger partial charge on any atom is -0.448 e. The van der Waals surface area contributed by atoms with Crippen LogP contribution in [0.3, 0.4) is 0 Å². The zero-order valence-corrected chi connectivity index (χ0v) is 12.5. The summed E-state index contributed by atoms with van der Waals surface area (Å²) in [6, 6.07) is 7.37. The fourth-order valence-electron chi connectivity index (χ4n) is 2.10. The molecule has 3 rings (SSSR count). The van der Waals surface area contributed by atoms with Gasteiger partial charge in [0.1, 0.15) is 6.61 Å².